The summed E-state index contributed by atoms with van der Waals surface area (Å²) in [5, 5.41) is 3.84. The zero-order valence-corrected chi connectivity index (χ0v) is 10.2. The molecular weight excluding hydrogens is 218 g/mol. The van der Waals surface area contributed by atoms with Crippen LogP contribution in [0.5, 0.6) is 5.75 Å². The fourth-order valence-electron chi connectivity index (χ4n) is 1.25. The minimum absolute atomic E-state index is 0.146. The Morgan fingerprint density at radius 3 is 2.41 bits per heavy atom. The molecular formula is C12H17N3O2. The van der Waals surface area contributed by atoms with Gasteiger partial charge in [0.25, 0.3) is 0 Å². The number of hydrogen-bond donors (Lipinski definition) is 2. The van der Waals surface area contributed by atoms with Gasteiger partial charge in [0.15, 0.2) is 0 Å². The standard InChI is InChI=1S/C12H17N3O2/c1-8(2)17-11-6-4-10(5-7-11)9(3)14-15-12(13)16/h4-8H,1-3H3,(H3,13,15,16)/b14-9-. The molecule has 0 aliphatic heterocycles. The van der Waals surface area contributed by atoms with E-state index in [1.165, 1.54) is 0 Å². The fraction of sp³-hybridized carbons (Fsp3) is 0.333. The Balaban J connectivity index is 2.73. The number of primary amides is 1. The van der Waals surface area contributed by atoms with Gasteiger partial charge in [-0.15, -0.1) is 0 Å². The molecule has 17 heavy (non-hydrogen) atoms. The molecule has 0 fully saturated rings. The SMILES string of the molecule is C/C(=N/NC(N)=O)c1ccc(OC(C)C)cc1. The first-order chi connectivity index (χ1) is 7.99. The maximum absolute atomic E-state index is 10.5. The van der Waals surface area contributed by atoms with Crippen molar-refractivity contribution >= 4 is 11.7 Å². The molecule has 0 radical (unpaired) electrons. The molecule has 0 atom stereocenters. The number of hydrogen-bond acceptors (Lipinski definition) is 3. The summed E-state index contributed by atoms with van der Waals surface area (Å²) in [6.07, 6.45) is 0.146. The highest BCUT2D eigenvalue weighted by Crippen LogP contribution is 2.14. The molecule has 1 aromatic rings. The molecule has 0 spiro atoms. The Bertz CT molecular complexity index is 410. The Morgan fingerprint density at radius 1 is 1.35 bits per heavy atom. The van der Waals surface area contributed by atoms with Crippen LogP contribution in [0.1, 0.15) is 26.3 Å². The smallest absolute Gasteiger partial charge is 0.332 e. The third kappa shape index (κ3) is 4.55. The molecule has 0 aliphatic rings. The predicted octanol–water partition coefficient (Wildman–Crippen LogP) is 1.87. The molecule has 3 N–H and O–H groups in total. The van der Waals surface area contributed by atoms with E-state index >= 15 is 0 Å². The summed E-state index contributed by atoms with van der Waals surface area (Å²) in [6.45, 7) is 5.73. The number of nitrogens with one attached hydrogen (secondary N) is 1. The Morgan fingerprint density at radius 2 is 1.94 bits per heavy atom. The number of amides is 2. The zero-order valence-electron chi connectivity index (χ0n) is 10.2. The summed E-state index contributed by atoms with van der Waals surface area (Å²) in [4.78, 5) is 10.5. The van der Waals surface area contributed by atoms with Crippen LogP contribution in [-0.4, -0.2) is 17.8 Å². The molecule has 0 bridgehead atoms. The molecule has 1 aromatic carbocycles. The lowest BCUT2D eigenvalue weighted by molar-refractivity contribution is 0.242. The number of carbonyl (C=O) groups excluding carboxylic acids is 1. The quantitative estimate of drug-likeness (QED) is 0.617. The van der Waals surface area contributed by atoms with Crippen molar-refractivity contribution in [1.29, 1.82) is 0 Å². The summed E-state index contributed by atoms with van der Waals surface area (Å²) < 4.78 is 5.52. The molecule has 0 saturated carbocycles. The molecule has 0 heterocycles. The van der Waals surface area contributed by atoms with Gasteiger partial charge in [0.1, 0.15) is 5.75 Å². The van der Waals surface area contributed by atoms with Gasteiger partial charge in [0, 0.05) is 0 Å². The van der Waals surface area contributed by atoms with E-state index < -0.39 is 6.03 Å². The Hall–Kier alpha value is -2.04. The minimum Gasteiger partial charge on any atom is -0.491 e. The second kappa shape index (κ2) is 5.89. The highest BCUT2D eigenvalue weighted by Gasteiger charge is 2.00. The predicted molar refractivity (Wildman–Crippen MR) is 67.1 cm³/mol. The van der Waals surface area contributed by atoms with E-state index in [9.17, 15) is 4.79 Å². The van der Waals surface area contributed by atoms with Crippen molar-refractivity contribution in [1.82, 2.24) is 5.43 Å². The van der Waals surface area contributed by atoms with Crippen LogP contribution >= 0.6 is 0 Å². The normalized spacial score (nSPS) is 11.4. The first-order valence-electron chi connectivity index (χ1n) is 5.36. The lowest BCUT2D eigenvalue weighted by atomic mass is 10.1. The van der Waals surface area contributed by atoms with E-state index in [2.05, 4.69) is 10.5 Å². The van der Waals surface area contributed by atoms with Gasteiger partial charge in [-0.3, -0.25) is 0 Å². The minimum atomic E-state index is -0.677. The molecule has 2 amide bonds. The summed E-state index contributed by atoms with van der Waals surface area (Å²) in [5.74, 6) is 0.805. The van der Waals surface area contributed by atoms with Crippen molar-refractivity contribution in [2.45, 2.75) is 26.9 Å². The van der Waals surface area contributed by atoms with Gasteiger partial charge in [-0.2, -0.15) is 5.10 Å². The van der Waals surface area contributed by atoms with Crippen molar-refractivity contribution < 1.29 is 9.53 Å². The van der Waals surface area contributed by atoms with E-state index in [4.69, 9.17) is 10.5 Å². The van der Waals surface area contributed by atoms with E-state index in [0.717, 1.165) is 11.3 Å². The first kappa shape index (κ1) is 13.0. The number of benzene rings is 1. The lowest BCUT2D eigenvalue weighted by Crippen LogP contribution is -2.25. The summed E-state index contributed by atoms with van der Waals surface area (Å²) in [7, 11) is 0. The molecule has 5 heteroatoms. The van der Waals surface area contributed by atoms with Gasteiger partial charge < -0.3 is 10.5 Å². The summed E-state index contributed by atoms with van der Waals surface area (Å²) >= 11 is 0. The first-order valence-corrected chi connectivity index (χ1v) is 5.36. The number of carbonyl (C=O) groups is 1. The lowest BCUT2D eigenvalue weighted by Gasteiger charge is -2.09. The molecule has 92 valence electrons. The fourth-order valence-corrected chi connectivity index (χ4v) is 1.25. The maximum atomic E-state index is 10.5. The molecule has 1 rings (SSSR count). The van der Waals surface area contributed by atoms with Crippen LogP contribution in [-0.2, 0) is 0 Å². The number of hydrazone groups is 1. The highest BCUT2D eigenvalue weighted by atomic mass is 16.5. The van der Waals surface area contributed by atoms with Gasteiger partial charge in [-0.1, -0.05) is 0 Å². The monoisotopic (exact) mass is 235 g/mol. The number of nitrogens with two attached hydrogens (primary N) is 1. The van der Waals surface area contributed by atoms with Crippen LogP contribution in [0.2, 0.25) is 0 Å². The molecule has 5 nitrogen and oxygen atoms in total. The van der Waals surface area contributed by atoms with Crippen molar-refractivity contribution in [2.24, 2.45) is 10.8 Å². The van der Waals surface area contributed by atoms with E-state index in [1.807, 2.05) is 38.1 Å². The van der Waals surface area contributed by atoms with Crippen LogP contribution in [0.15, 0.2) is 29.4 Å². The van der Waals surface area contributed by atoms with Gasteiger partial charge in [0.2, 0.25) is 0 Å². The molecule has 0 unspecified atom stereocenters. The second-order valence-corrected chi connectivity index (χ2v) is 3.86. The Labute approximate surface area is 101 Å². The van der Waals surface area contributed by atoms with E-state index in [1.54, 1.807) is 6.92 Å². The molecule has 0 saturated heterocycles. The Kier molecular flexibility index (Phi) is 4.51. The molecule has 0 aliphatic carbocycles. The third-order valence-electron chi connectivity index (χ3n) is 1.98. The average molecular weight is 235 g/mol. The largest absolute Gasteiger partial charge is 0.491 e. The average Bonchev–Trinajstić information content (AvgIpc) is 2.26. The van der Waals surface area contributed by atoms with Gasteiger partial charge in [0.05, 0.1) is 11.8 Å². The van der Waals surface area contributed by atoms with Crippen molar-refractivity contribution in [2.75, 3.05) is 0 Å². The van der Waals surface area contributed by atoms with Crippen LogP contribution in [0.3, 0.4) is 0 Å². The zero-order chi connectivity index (χ0) is 12.8. The van der Waals surface area contributed by atoms with Crippen LogP contribution in [0, 0.1) is 0 Å². The summed E-state index contributed by atoms with van der Waals surface area (Å²) in [6, 6.07) is 6.79. The van der Waals surface area contributed by atoms with Crippen molar-refractivity contribution in [3.05, 3.63) is 29.8 Å². The van der Waals surface area contributed by atoms with Crippen molar-refractivity contribution in [3.63, 3.8) is 0 Å². The van der Waals surface area contributed by atoms with Crippen LogP contribution < -0.4 is 15.9 Å². The van der Waals surface area contributed by atoms with Crippen LogP contribution in [0.25, 0.3) is 0 Å². The van der Waals surface area contributed by atoms with Crippen LogP contribution in [0.4, 0.5) is 4.79 Å². The number of urea groups is 1. The second-order valence-electron chi connectivity index (χ2n) is 3.86. The van der Waals surface area contributed by atoms with Gasteiger partial charge in [-0.05, 0) is 50.6 Å². The van der Waals surface area contributed by atoms with E-state index in [0.29, 0.717) is 5.71 Å². The molecule has 0 aromatic heterocycles. The maximum Gasteiger partial charge on any atom is 0.332 e. The van der Waals surface area contributed by atoms with Gasteiger partial charge in [-0.25, -0.2) is 10.2 Å². The van der Waals surface area contributed by atoms with Gasteiger partial charge >= 0.3 is 6.03 Å². The van der Waals surface area contributed by atoms with Crippen molar-refractivity contribution in [3.8, 4) is 5.75 Å². The summed E-state index contributed by atoms with van der Waals surface area (Å²) in [5.41, 5.74) is 8.69. The number of ether oxygens (including phenoxy) is 1. The van der Waals surface area contributed by atoms with E-state index in [-0.39, 0.29) is 6.10 Å². The highest BCUT2D eigenvalue weighted by molar-refractivity contribution is 5.99. The number of rotatable bonds is 4. The number of nitrogens with zero attached hydrogens (tertiary/aromatic N) is 1. The third-order valence-corrected chi connectivity index (χ3v) is 1.98. The topological polar surface area (TPSA) is 76.7 Å².